The first-order valence-corrected chi connectivity index (χ1v) is 11.2. The molecule has 2 heterocycles. The average molecular weight is 458 g/mol. The van der Waals surface area contributed by atoms with Gasteiger partial charge in [-0.3, -0.25) is 14.6 Å². The average Bonchev–Trinajstić information content (AvgIpc) is 3.27. The van der Waals surface area contributed by atoms with Crippen molar-refractivity contribution in [1.82, 2.24) is 9.88 Å². The molecule has 0 aliphatic carbocycles. The molecule has 0 spiro atoms. The van der Waals surface area contributed by atoms with Crippen LogP contribution in [0.1, 0.15) is 10.4 Å². The summed E-state index contributed by atoms with van der Waals surface area (Å²) in [5.74, 6) is 1.16. The third kappa shape index (κ3) is 4.64. The van der Waals surface area contributed by atoms with Crippen LogP contribution in [0.3, 0.4) is 0 Å². The smallest absolute Gasteiger partial charge is 0.260 e. The van der Waals surface area contributed by atoms with Gasteiger partial charge in [-0.2, -0.15) is 0 Å². The van der Waals surface area contributed by atoms with Crippen molar-refractivity contribution in [2.45, 2.75) is 0 Å². The Morgan fingerprint density at radius 3 is 2.41 bits per heavy atom. The summed E-state index contributed by atoms with van der Waals surface area (Å²) in [4.78, 5) is 22.5. The molecule has 170 valence electrons. The maximum absolute atomic E-state index is 13.7. The number of rotatable bonds is 8. The number of morpholine rings is 1. The SMILES string of the molecule is COc1cc(C(=O)N(CCN2CCOCC2)c2nc3ccccc3s2)cc(OC)c1OC. The Balaban J connectivity index is 1.69. The first-order valence-electron chi connectivity index (χ1n) is 10.4. The van der Waals surface area contributed by atoms with Crippen LogP contribution in [0.25, 0.3) is 10.2 Å². The summed E-state index contributed by atoms with van der Waals surface area (Å²) >= 11 is 1.51. The molecular formula is C23H27N3O5S. The highest BCUT2D eigenvalue weighted by Gasteiger charge is 2.25. The number of carbonyl (C=O) groups is 1. The first-order chi connectivity index (χ1) is 15.6. The fourth-order valence-electron chi connectivity index (χ4n) is 3.69. The van der Waals surface area contributed by atoms with E-state index in [1.165, 1.54) is 32.7 Å². The Kier molecular flexibility index (Phi) is 7.09. The molecule has 0 atom stereocenters. The highest BCUT2D eigenvalue weighted by Crippen LogP contribution is 2.39. The molecule has 9 heteroatoms. The van der Waals surface area contributed by atoms with Crippen LogP contribution in [0.4, 0.5) is 5.13 Å². The summed E-state index contributed by atoms with van der Waals surface area (Å²) in [5.41, 5.74) is 1.32. The minimum absolute atomic E-state index is 0.170. The number of nitrogens with zero attached hydrogens (tertiary/aromatic N) is 3. The van der Waals surface area contributed by atoms with Crippen molar-refractivity contribution in [2.75, 3.05) is 65.6 Å². The maximum atomic E-state index is 13.7. The lowest BCUT2D eigenvalue weighted by Gasteiger charge is -2.29. The van der Waals surface area contributed by atoms with Gasteiger partial charge in [0.1, 0.15) is 0 Å². The van der Waals surface area contributed by atoms with E-state index in [2.05, 4.69) is 4.90 Å². The summed E-state index contributed by atoms with van der Waals surface area (Å²) in [5, 5.41) is 0.665. The normalized spacial score (nSPS) is 14.3. The number of amides is 1. The second-order valence-corrected chi connectivity index (χ2v) is 8.30. The van der Waals surface area contributed by atoms with Crippen molar-refractivity contribution in [3.8, 4) is 17.2 Å². The first kappa shape index (κ1) is 22.3. The summed E-state index contributed by atoms with van der Waals surface area (Å²) in [6, 6.07) is 11.3. The maximum Gasteiger partial charge on any atom is 0.260 e. The van der Waals surface area contributed by atoms with E-state index < -0.39 is 0 Å². The van der Waals surface area contributed by atoms with Crippen LogP contribution in [-0.2, 0) is 4.74 Å². The molecule has 1 amide bonds. The van der Waals surface area contributed by atoms with Crippen molar-refractivity contribution < 1.29 is 23.7 Å². The molecule has 1 saturated heterocycles. The number of methoxy groups -OCH3 is 3. The van der Waals surface area contributed by atoms with E-state index in [4.69, 9.17) is 23.9 Å². The zero-order valence-corrected chi connectivity index (χ0v) is 19.3. The highest BCUT2D eigenvalue weighted by molar-refractivity contribution is 7.22. The third-order valence-corrected chi connectivity index (χ3v) is 6.47. The predicted molar refractivity (Wildman–Crippen MR) is 125 cm³/mol. The number of hydrogen-bond acceptors (Lipinski definition) is 8. The molecule has 0 N–H and O–H groups in total. The number of fused-ring (bicyclic) bond motifs is 1. The van der Waals surface area contributed by atoms with Crippen LogP contribution < -0.4 is 19.1 Å². The van der Waals surface area contributed by atoms with Crippen molar-refractivity contribution in [3.63, 3.8) is 0 Å². The molecule has 0 saturated carbocycles. The summed E-state index contributed by atoms with van der Waals surface area (Å²) < 4.78 is 22.8. The van der Waals surface area contributed by atoms with Gasteiger partial charge >= 0.3 is 0 Å². The van der Waals surface area contributed by atoms with Crippen LogP contribution in [0.15, 0.2) is 36.4 Å². The van der Waals surface area contributed by atoms with Gasteiger partial charge < -0.3 is 18.9 Å². The molecule has 2 aromatic carbocycles. The molecule has 1 aliphatic rings. The van der Waals surface area contributed by atoms with E-state index in [0.29, 0.717) is 47.7 Å². The Labute approximate surface area is 191 Å². The van der Waals surface area contributed by atoms with Gasteiger partial charge in [-0.25, -0.2) is 4.98 Å². The van der Waals surface area contributed by atoms with Crippen LogP contribution in [-0.4, -0.2) is 76.5 Å². The number of anilines is 1. The van der Waals surface area contributed by atoms with E-state index in [1.807, 2.05) is 24.3 Å². The molecule has 0 radical (unpaired) electrons. The minimum Gasteiger partial charge on any atom is -0.493 e. The molecule has 3 aromatic rings. The van der Waals surface area contributed by atoms with Crippen LogP contribution in [0, 0.1) is 0 Å². The Morgan fingerprint density at radius 1 is 1.09 bits per heavy atom. The molecular weight excluding hydrogens is 430 g/mol. The van der Waals surface area contributed by atoms with Crippen molar-refractivity contribution >= 4 is 32.6 Å². The lowest BCUT2D eigenvalue weighted by Crippen LogP contribution is -2.43. The van der Waals surface area contributed by atoms with Crippen molar-refractivity contribution in [3.05, 3.63) is 42.0 Å². The quantitative estimate of drug-likeness (QED) is 0.514. The number of thiazole rings is 1. The molecule has 0 bridgehead atoms. The number of para-hydroxylation sites is 1. The van der Waals surface area contributed by atoms with Gasteiger partial charge in [-0.15, -0.1) is 0 Å². The minimum atomic E-state index is -0.170. The van der Waals surface area contributed by atoms with Gasteiger partial charge in [0, 0.05) is 31.7 Å². The fourth-order valence-corrected chi connectivity index (χ4v) is 4.68. The molecule has 0 unspecified atom stereocenters. The topological polar surface area (TPSA) is 73.4 Å². The van der Waals surface area contributed by atoms with E-state index in [9.17, 15) is 4.79 Å². The van der Waals surface area contributed by atoms with Crippen molar-refractivity contribution in [2.24, 2.45) is 0 Å². The van der Waals surface area contributed by atoms with Crippen LogP contribution >= 0.6 is 11.3 Å². The zero-order valence-electron chi connectivity index (χ0n) is 18.5. The molecule has 1 fully saturated rings. The summed E-state index contributed by atoms with van der Waals surface area (Å²) in [6.07, 6.45) is 0. The largest absolute Gasteiger partial charge is 0.493 e. The Hall–Kier alpha value is -2.88. The number of hydrogen-bond donors (Lipinski definition) is 0. The second-order valence-electron chi connectivity index (χ2n) is 7.29. The highest BCUT2D eigenvalue weighted by atomic mass is 32.1. The standard InChI is InChI=1S/C23H27N3O5S/c1-28-18-14-16(15-19(29-2)21(18)30-3)22(27)26(9-8-25-10-12-31-13-11-25)23-24-17-6-4-5-7-20(17)32-23/h4-7,14-15H,8-13H2,1-3H3. The monoisotopic (exact) mass is 457 g/mol. The third-order valence-electron chi connectivity index (χ3n) is 5.41. The number of carbonyl (C=O) groups excluding carboxylic acids is 1. The molecule has 1 aromatic heterocycles. The van der Waals surface area contributed by atoms with Crippen LogP contribution in [0.5, 0.6) is 17.2 Å². The lowest BCUT2D eigenvalue weighted by atomic mass is 10.1. The van der Waals surface area contributed by atoms with Gasteiger partial charge in [-0.1, -0.05) is 23.5 Å². The Bertz CT molecular complexity index is 1020. The van der Waals surface area contributed by atoms with E-state index in [0.717, 1.165) is 29.9 Å². The Morgan fingerprint density at radius 2 is 1.78 bits per heavy atom. The number of benzene rings is 2. The molecule has 4 rings (SSSR count). The van der Waals surface area contributed by atoms with Gasteiger partial charge in [-0.05, 0) is 24.3 Å². The van der Waals surface area contributed by atoms with E-state index in [1.54, 1.807) is 17.0 Å². The lowest BCUT2D eigenvalue weighted by molar-refractivity contribution is 0.0391. The van der Waals surface area contributed by atoms with E-state index in [-0.39, 0.29) is 5.91 Å². The van der Waals surface area contributed by atoms with Gasteiger partial charge in [0.15, 0.2) is 16.6 Å². The fraction of sp³-hybridized carbons (Fsp3) is 0.391. The number of ether oxygens (including phenoxy) is 4. The van der Waals surface area contributed by atoms with Gasteiger partial charge in [0.05, 0.1) is 44.8 Å². The van der Waals surface area contributed by atoms with Gasteiger partial charge in [0.2, 0.25) is 5.75 Å². The summed E-state index contributed by atoms with van der Waals surface area (Å²) in [7, 11) is 4.61. The predicted octanol–water partition coefficient (Wildman–Crippen LogP) is 3.30. The molecule has 32 heavy (non-hydrogen) atoms. The molecule has 8 nitrogen and oxygen atoms in total. The van der Waals surface area contributed by atoms with Gasteiger partial charge in [0.25, 0.3) is 5.91 Å². The zero-order chi connectivity index (χ0) is 22.5. The molecule has 1 aliphatic heterocycles. The van der Waals surface area contributed by atoms with Crippen molar-refractivity contribution in [1.29, 1.82) is 0 Å². The second kappa shape index (κ2) is 10.2. The summed E-state index contributed by atoms with van der Waals surface area (Å²) in [6.45, 7) is 4.37. The van der Waals surface area contributed by atoms with Crippen LogP contribution in [0.2, 0.25) is 0 Å². The number of aromatic nitrogens is 1. The van der Waals surface area contributed by atoms with E-state index >= 15 is 0 Å².